The Morgan fingerprint density at radius 1 is 1.33 bits per heavy atom. The number of halogens is 2. The molecule has 118 valence electrons. The van der Waals surface area contributed by atoms with Crippen molar-refractivity contribution < 1.29 is 18.3 Å². The number of hydrogen-bond donors (Lipinski definition) is 1. The minimum Gasteiger partial charge on any atom is -0.497 e. The van der Waals surface area contributed by atoms with Gasteiger partial charge >= 0.3 is 6.61 Å². The van der Waals surface area contributed by atoms with Crippen LogP contribution in [-0.4, -0.2) is 19.8 Å². The van der Waals surface area contributed by atoms with Crippen LogP contribution in [-0.2, 0) is 0 Å². The summed E-state index contributed by atoms with van der Waals surface area (Å²) >= 11 is 0. The van der Waals surface area contributed by atoms with E-state index in [-0.39, 0.29) is 5.75 Å². The number of hydrogen-bond acceptors (Lipinski definition) is 3. The van der Waals surface area contributed by atoms with Gasteiger partial charge in [0.1, 0.15) is 11.5 Å². The first-order valence-electron chi connectivity index (χ1n) is 7.51. The van der Waals surface area contributed by atoms with Gasteiger partial charge in [-0.05, 0) is 30.9 Å². The number of rotatable bonds is 6. The Hall–Kier alpha value is -1.52. The van der Waals surface area contributed by atoms with E-state index in [2.05, 4.69) is 17.0 Å². The van der Waals surface area contributed by atoms with E-state index in [4.69, 9.17) is 4.74 Å². The molecule has 5 heteroatoms. The molecular formula is C16H23F2NO2. The van der Waals surface area contributed by atoms with Crippen molar-refractivity contribution in [2.24, 2.45) is 5.92 Å². The number of nitrogens with one attached hydrogen (secondary N) is 1. The van der Waals surface area contributed by atoms with Gasteiger partial charge in [-0.3, -0.25) is 0 Å². The molecule has 1 aromatic carbocycles. The third kappa shape index (κ3) is 4.48. The fourth-order valence-corrected chi connectivity index (χ4v) is 2.96. The quantitative estimate of drug-likeness (QED) is 0.827. The highest BCUT2D eigenvalue weighted by atomic mass is 19.3. The van der Waals surface area contributed by atoms with Crippen LogP contribution < -0.4 is 14.8 Å². The predicted molar refractivity (Wildman–Crippen MR) is 79.3 cm³/mol. The second kappa shape index (κ2) is 7.48. The van der Waals surface area contributed by atoms with E-state index in [0.717, 1.165) is 19.3 Å². The summed E-state index contributed by atoms with van der Waals surface area (Å²) in [5, 5.41) is 3.36. The normalized spacial score (nSPS) is 22.1. The van der Waals surface area contributed by atoms with Crippen molar-refractivity contribution in [3.05, 3.63) is 18.2 Å². The van der Waals surface area contributed by atoms with Gasteiger partial charge < -0.3 is 14.8 Å². The molecule has 1 aromatic rings. The van der Waals surface area contributed by atoms with Crippen LogP contribution in [0, 0.1) is 5.92 Å². The van der Waals surface area contributed by atoms with Crippen molar-refractivity contribution in [3.8, 4) is 11.5 Å². The molecular weight excluding hydrogens is 276 g/mol. The maximum atomic E-state index is 12.5. The van der Waals surface area contributed by atoms with E-state index in [0.29, 0.717) is 23.4 Å². The molecule has 2 unspecified atom stereocenters. The number of methoxy groups -OCH3 is 1. The lowest BCUT2D eigenvalue weighted by Gasteiger charge is -2.30. The predicted octanol–water partition coefficient (Wildman–Crippen LogP) is 4.68. The second-order valence-electron chi connectivity index (χ2n) is 5.52. The van der Waals surface area contributed by atoms with Gasteiger partial charge in [-0.25, -0.2) is 0 Å². The molecule has 2 rings (SSSR count). The van der Waals surface area contributed by atoms with E-state index >= 15 is 0 Å². The Labute approximate surface area is 124 Å². The Morgan fingerprint density at radius 3 is 2.81 bits per heavy atom. The Kier molecular flexibility index (Phi) is 5.65. The zero-order valence-electron chi connectivity index (χ0n) is 12.6. The van der Waals surface area contributed by atoms with Crippen molar-refractivity contribution in [1.29, 1.82) is 0 Å². The summed E-state index contributed by atoms with van der Waals surface area (Å²) in [6, 6.07) is 5.16. The molecule has 0 radical (unpaired) electrons. The third-order valence-electron chi connectivity index (χ3n) is 4.12. The third-order valence-corrected chi connectivity index (χ3v) is 4.12. The summed E-state index contributed by atoms with van der Waals surface area (Å²) in [5.74, 6) is 1.51. The number of alkyl halides is 2. The standard InChI is InChI=1S/C16H23F2NO2/c1-3-11-5-4-6-12(9-11)19-14-10-13(20-2)7-8-15(14)21-16(17)18/h7-8,10-12,16,19H,3-6,9H2,1-2H3. The summed E-state index contributed by atoms with van der Waals surface area (Å²) < 4.78 is 34.7. The topological polar surface area (TPSA) is 30.5 Å². The van der Waals surface area contributed by atoms with E-state index in [1.54, 1.807) is 19.2 Å². The summed E-state index contributed by atoms with van der Waals surface area (Å²) in [7, 11) is 1.56. The van der Waals surface area contributed by atoms with Gasteiger partial charge in [-0.1, -0.05) is 26.2 Å². The summed E-state index contributed by atoms with van der Waals surface area (Å²) in [5.41, 5.74) is 0.580. The highest BCUT2D eigenvalue weighted by molar-refractivity contribution is 5.60. The Bertz CT molecular complexity index is 454. The van der Waals surface area contributed by atoms with E-state index in [9.17, 15) is 8.78 Å². The smallest absolute Gasteiger partial charge is 0.387 e. The number of ether oxygens (including phenoxy) is 2. The average Bonchev–Trinajstić information content (AvgIpc) is 2.48. The van der Waals surface area contributed by atoms with Crippen molar-refractivity contribution >= 4 is 5.69 Å². The van der Waals surface area contributed by atoms with Crippen molar-refractivity contribution in [1.82, 2.24) is 0 Å². The molecule has 0 bridgehead atoms. The molecule has 21 heavy (non-hydrogen) atoms. The van der Waals surface area contributed by atoms with Crippen LogP contribution in [0.2, 0.25) is 0 Å². The molecule has 2 atom stereocenters. The summed E-state index contributed by atoms with van der Waals surface area (Å²) in [6.45, 7) is -0.627. The lowest BCUT2D eigenvalue weighted by atomic mass is 9.84. The van der Waals surface area contributed by atoms with Gasteiger partial charge in [-0.15, -0.1) is 0 Å². The fourth-order valence-electron chi connectivity index (χ4n) is 2.96. The van der Waals surface area contributed by atoms with Gasteiger partial charge in [0.15, 0.2) is 0 Å². The highest BCUT2D eigenvalue weighted by Gasteiger charge is 2.22. The molecule has 1 aliphatic rings. The molecule has 3 nitrogen and oxygen atoms in total. The van der Waals surface area contributed by atoms with E-state index in [1.807, 2.05) is 0 Å². The molecule has 0 heterocycles. The molecule has 1 fully saturated rings. The van der Waals surface area contributed by atoms with Crippen LogP contribution >= 0.6 is 0 Å². The minimum atomic E-state index is -2.83. The van der Waals surface area contributed by atoms with Gasteiger partial charge in [0, 0.05) is 12.1 Å². The van der Waals surface area contributed by atoms with Crippen LogP contribution in [0.4, 0.5) is 14.5 Å². The molecule has 1 saturated carbocycles. The SMILES string of the molecule is CCC1CCCC(Nc2cc(OC)ccc2OC(F)F)C1. The first kappa shape index (κ1) is 15.9. The largest absolute Gasteiger partial charge is 0.497 e. The maximum absolute atomic E-state index is 12.5. The summed E-state index contributed by atoms with van der Waals surface area (Å²) in [6.07, 6.45) is 5.72. The first-order chi connectivity index (χ1) is 10.1. The number of anilines is 1. The van der Waals surface area contributed by atoms with E-state index in [1.165, 1.54) is 18.9 Å². The average molecular weight is 299 g/mol. The van der Waals surface area contributed by atoms with Crippen LogP contribution in [0.1, 0.15) is 39.0 Å². The first-order valence-corrected chi connectivity index (χ1v) is 7.51. The van der Waals surface area contributed by atoms with Gasteiger partial charge in [0.05, 0.1) is 12.8 Å². The fraction of sp³-hybridized carbons (Fsp3) is 0.625. The molecule has 0 aliphatic heterocycles. The van der Waals surface area contributed by atoms with Crippen LogP contribution in [0.3, 0.4) is 0 Å². The van der Waals surface area contributed by atoms with Gasteiger partial charge in [0.2, 0.25) is 0 Å². The zero-order chi connectivity index (χ0) is 15.2. The molecule has 0 spiro atoms. The molecule has 0 amide bonds. The zero-order valence-corrected chi connectivity index (χ0v) is 12.6. The Morgan fingerprint density at radius 2 is 2.14 bits per heavy atom. The van der Waals surface area contributed by atoms with E-state index < -0.39 is 6.61 Å². The van der Waals surface area contributed by atoms with Crippen LogP contribution in [0.15, 0.2) is 18.2 Å². The van der Waals surface area contributed by atoms with Crippen molar-refractivity contribution in [2.75, 3.05) is 12.4 Å². The number of benzene rings is 1. The second-order valence-corrected chi connectivity index (χ2v) is 5.52. The van der Waals surface area contributed by atoms with Crippen LogP contribution in [0.5, 0.6) is 11.5 Å². The minimum absolute atomic E-state index is 0.171. The molecule has 1 N–H and O–H groups in total. The maximum Gasteiger partial charge on any atom is 0.387 e. The summed E-state index contributed by atoms with van der Waals surface area (Å²) in [4.78, 5) is 0. The lowest BCUT2D eigenvalue weighted by Crippen LogP contribution is -2.27. The van der Waals surface area contributed by atoms with Gasteiger partial charge in [-0.2, -0.15) is 8.78 Å². The monoisotopic (exact) mass is 299 g/mol. The van der Waals surface area contributed by atoms with Crippen LogP contribution in [0.25, 0.3) is 0 Å². The van der Waals surface area contributed by atoms with Crippen molar-refractivity contribution in [2.45, 2.75) is 51.7 Å². The van der Waals surface area contributed by atoms with Crippen molar-refractivity contribution in [3.63, 3.8) is 0 Å². The molecule has 1 aliphatic carbocycles. The van der Waals surface area contributed by atoms with Gasteiger partial charge in [0.25, 0.3) is 0 Å². The highest BCUT2D eigenvalue weighted by Crippen LogP contribution is 2.34. The lowest BCUT2D eigenvalue weighted by molar-refractivity contribution is -0.0494. The molecule has 0 saturated heterocycles. The molecule has 0 aromatic heterocycles. The Balaban J connectivity index is 2.12.